The van der Waals surface area contributed by atoms with Crippen molar-refractivity contribution in [2.75, 3.05) is 0 Å². The van der Waals surface area contributed by atoms with E-state index in [1.807, 2.05) is 13.0 Å². The minimum atomic E-state index is -4.43. The Morgan fingerprint density at radius 1 is 1.35 bits per heavy atom. The molecule has 0 amide bonds. The minimum Gasteiger partial charge on any atom is -0.271 e. The van der Waals surface area contributed by atoms with Crippen molar-refractivity contribution in [3.8, 4) is 0 Å². The lowest BCUT2D eigenvalue weighted by atomic mass is 10.0. The van der Waals surface area contributed by atoms with E-state index in [4.69, 9.17) is 5.84 Å². The van der Waals surface area contributed by atoms with Crippen LogP contribution in [0.5, 0.6) is 0 Å². The monoisotopic (exact) mass is 301 g/mol. The van der Waals surface area contributed by atoms with Gasteiger partial charge in [0.15, 0.2) is 0 Å². The predicted octanol–water partition coefficient (Wildman–Crippen LogP) is 3.28. The molecule has 0 bridgehead atoms. The highest BCUT2D eigenvalue weighted by Crippen LogP contribution is 2.37. The lowest BCUT2D eigenvalue weighted by Gasteiger charge is -2.19. The first-order valence-electron chi connectivity index (χ1n) is 6.03. The molecule has 2 rings (SSSR count). The van der Waals surface area contributed by atoms with Crippen LogP contribution in [0.1, 0.15) is 33.8 Å². The molecular weight excluding hydrogens is 287 g/mol. The zero-order valence-corrected chi connectivity index (χ0v) is 11.6. The zero-order chi connectivity index (χ0) is 14.8. The largest absolute Gasteiger partial charge is 0.416 e. The predicted molar refractivity (Wildman–Crippen MR) is 72.1 cm³/mol. The summed E-state index contributed by atoms with van der Waals surface area (Å²) in [5.41, 5.74) is 1.77. The Morgan fingerprint density at radius 2 is 2.10 bits per heavy atom. The van der Waals surface area contributed by atoms with Gasteiger partial charge in [-0.05, 0) is 24.6 Å². The van der Waals surface area contributed by atoms with Gasteiger partial charge in [0.05, 0.1) is 11.6 Å². The second-order valence-electron chi connectivity index (χ2n) is 4.22. The van der Waals surface area contributed by atoms with E-state index >= 15 is 0 Å². The molecule has 0 fully saturated rings. The number of hydrogen-bond acceptors (Lipinski definition) is 4. The molecule has 0 aliphatic heterocycles. The molecule has 0 aliphatic rings. The van der Waals surface area contributed by atoms with Gasteiger partial charge in [-0.1, -0.05) is 6.92 Å². The van der Waals surface area contributed by atoms with Crippen molar-refractivity contribution >= 4 is 11.3 Å². The highest BCUT2D eigenvalue weighted by Gasteiger charge is 2.35. The third kappa shape index (κ3) is 3.00. The summed E-state index contributed by atoms with van der Waals surface area (Å²) in [7, 11) is 0. The average Bonchev–Trinajstić information content (AvgIpc) is 2.88. The van der Waals surface area contributed by atoms with Crippen LogP contribution in [-0.2, 0) is 12.6 Å². The molecular formula is C13H14F3N3S. The van der Waals surface area contributed by atoms with Gasteiger partial charge in [0.2, 0.25) is 0 Å². The summed E-state index contributed by atoms with van der Waals surface area (Å²) in [5, 5.41) is 0. The highest BCUT2D eigenvalue weighted by molar-refractivity contribution is 7.12. The Labute approximate surface area is 118 Å². The summed E-state index contributed by atoms with van der Waals surface area (Å²) < 4.78 is 39.1. The number of halogens is 3. The Kier molecular flexibility index (Phi) is 4.42. The van der Waals surface area contributed by atoms with E-state index in [0.29, 0.717) is 0 Å². The molecule has 0 radical (unpaired) electrons. The quantitative estimate of drug-likeness (QED) is 0.673. The lowest BCUT2D eigenvalue weighted by molar-refractivity contribution is -0.138. The van der Waals surface area contributed by atoms with Gasteiger partial charge in [0.1, 0.15) is 0 Å². The van der Waals surface area contributed by atoms with Crippen molar-refractivity contribution < 1.29 is 13.2 Å². The van der Waals surface area contributed by atoms with Crippen LogP contribution in [0.25, 0.3) is 0 Å². The van der Waals surface area contributed by atoms with Gasteiger partial charge in [-0.2, -0.15) is 13.2 Å². The average molecular weight is 301 g/mol. The number of nitrogens with one attached hydrogen (secondary N) is 1. The van der Waals surface area contributed by atoms with E-state index in [1.54, 1.807) is 6.07 Å². The highest BCUT2D eigenvalue weighted by atomic mass is 32.1. The van der Waals surface area contributed by atoms with Gasteiger partial charge in [-0.25, -0.2) is 5.43 Å². The number of aryl methyl sites for hydroxylation is 1. The van der Waals surface area contributed by atoms with Crippen molar-refractivity contribution in [1.82, 2.24) is 10.4 Å². The number of nitrogens with zero attached hydrogens (tertiary/aromatic N) is 1. The molecule has 1 unspecified atom stereocenters. The SMILES string of the molecule is CCc1ccc(C(NN)c2cnccc2C(F)(F)F)s1. The maximum absolute atomic E-state index is 13.0. The Hall–Kier alpha value is -1.44. The van der Waals surface area contributed by atoms with Gasteiger partial charge in [0, 0.05) is 27.7 Å². The number of hydrazine groups is 1. The first kappa shape index (κ1) is 15.0. The molecule has 2 aromatic rings. The smallest absolute Gasteiger partial charge is 0.271 e. The van der Waals surface area contributed by atoms with Crippen LogP contribution < -0.4 is 11.3 Å². The van der Waals surface area contributed by atoms with Crippen LogP contribution in [0, 0.1) is 0 Å². The van der Waals surface area contributed by atoms with E-state index in [-0.39, 0.29) is 5.56 Å². The molecule has 1 atom stereocenters. The molecule has 3 N–H and O–H groups in total. The molecule has 2 heterocycles. The summed E-state index contributed by atoms with van der Waals surface area (Å²) in [6.45, 7) is 1.99. The lowest BCUT2D eigenvalue weighted by Crippen LogP contribution is -2.30. The van der Waals surface area contributed by atoms with Gasteiger partial charge in [-0.15, -0.1) is 11.3 Å². The first-order valence-corrected chi connectivity index (χ1v) is 6.84. The molecule has 20 heavy (non-hydrogen) atoms. The number of aromatic nitrogens is 1. The van der Waals surface area contributed by atoms with Crippen molar-refractivity contribution in [2.24, 2.45) is 5.84 Å². The third-order valence-electron chi connectivity index (χ3n) is 2.95. The number of nitrogens with two attached hydrogens (primary N) is 1. The molecule has 0 saturated heterocycles. The maximum Gasteiger partial charge on any atom is 0.416 e. The first-order chi connectivity index (χ1) is 9.47. The second-order valence-corrected chi connectivity index (χ2v) is 5.42. The van der Waals surface area contributed by atoms with Crippen molar-refractivity contribution in [3.63, 3.8) is 0 Å². The number of rotatable bonds is 4. The molecule has 108 valence electrons. The topological polar surface area (TPSA) is 50.9 Å². The van der Waals surface area contributed by atoms with E-state index in [1.165, 1.54) is 17.5 Å². The molecule has 7 heteroatoms. The number of alkyl halides is 3. The number of pyridine rings is 1. The van der Waals surface area contributed by atoms with Crippen molar-refractivity contribution in [2.45, 2.75) is 25.6 Å². The zero-order valence-electron chi connectivity index (χ0n) is 10.7. The second kappa shape index (κ2) is 5.90. The summed E-state index contributed by atoms with van der Waals surface area (Å²) in [6.07, 6.45) is -1.26. The fraction of sp³-hybridized carbons (Fsp3) is 0.308. The fourth-order valence-corrected chi connectivity index (χ4v) is 2.99. The minimum absolute atomic E-state index is 0.0343. The van der Waals surface area contributed by atoms with Crippen LogP contribution in [-0.4, -0.2) is 4.98 Å². The van der Waals surface area contributed by atoms with Crippen LogP contribution in [0.2, 0.25) is 0 Å². The van der Waals surface area contributed by atoms with Crippen LogP contribution >= 0.6 is 11.3 Å². The van der Waals surface area contributed by atoms with Crippen LogP contribution in [0.15, 0.2) is 30.6 Å². The third-order valence-corrected chi connectivity index (χ3v) is 4.24. The number of thiophene rings is 1. The Morgan fingerprint density at radius 3 is 2.65 bits per heavy atom. The molecule has 0 saturated carbocycles. The van der Waals surface area contributed by atoms with E-state index < -0.39 is 17.8 Å². The summed E-state index contributed by atoms with van der Waals surface area (Å²) in [5.74, 6) is 5.46. The molecule has 0 aliphatic carbocycles. The summed E-state index contributed by atoms with van der Waals surface area (Å²) >= 11 is 1.44. The van der Waals surface area contributed by atoms with Crippen molar-refractivity contribution in [3.05, 3.63) is 51.5 Å². The Balaban J connectivity index is 2.47. The van der Waals surface area contributed by atoms with Crippen LogP contribution in [0.3, 0.4) is 0 Å². The van der Waals surface area contributed by atoms with E-state index in [9.17, 15) is 13.2 Å². The summed E-state index contributed by atoms with van der Waals surface area (Å²) in [4.78, 5) is 5.62. The van der Waals surface area contributed by atoms with E-state index in [0.717, 1.165) is 28.4 Å². The van der Waals surface area contributed by atoms with Gasteiger partial charge < -0.3 is 0 Å². The standard InChI is InChI=1S/C13H14F3N3S/c1-2-8-3-4-11(20-8)12(19-17)9-7-18-6-5-10(9)13(14,15)16/h3-7,12,19H,2,17H2,1H3. The van der Waals surface area contributed by atoms with Gasteiger partial charge >= 0.3 is 6.18 Å². The van der Waals surface area contributed by atoms with Gasteiger partial charge in [-0.3, -0.25) is 10.8 Å². The summed E-state index contributed by atoms with van der Waals surface area (Å²) in [6, 6.07) is 3.94. The molecule has 3 nitrogen and oxygen atoms in total. The maximum atomic E-state index is 13.0. The normalized spacial score (nSPS) is 13.4. The molecule has 2 aromatic heterocycles. The molecule has 0 spiro atoms. The van der Waals surface area contributed by atoms with E-state index in [2.05, 4.69) is 10.4 Å². The van der Waals surface area contributed by atoms with Gasteiger partial charge in [0.25, 0.3) is 0 Å². The fourth-order valence-electron chi connectivity index (χ4n) is 1.96. The van der Waals surface area contributed by atoms with Crippen LogP contribution in [0.4, 0.5) is 13.2 Å². The number of hydrogen-bond donors (Lipinski definition) is 2. The molecule has 0 aromatic carbocycles. The van der Waals surface area contributed by atoms with Crippen molar-refractivity contribution in [1.29, 1.82) is 0 Å². The Bertz CT molecular complexity index is 580.